The van der Waals surface area contributed by atoms with Gasteiger partial charge in [-0.1, -0.05) is 6.07 Å². The molecule has 2 aromatic rings. The number of ether oxygens (including phenoxy) is 3. The number of fused-ring (bicyclic) bond motifs is 1. The average molecular weight is 343 g/mol. The topological polar surface area (TPSA) is 47.1 Å². The van der Waals surface area contributed by atoms with Crippen molar-refractivity contribution in [1.29, 1.82) is 0 Å². The first kappa shape index (κ1) is 17.5. The van der Waals surface area contributed by atoms with Gasteiger partial charge in [-0.05, 0) is 31.8 Å². The first-order valence-corrected chi connectivity index (χ1v) is 8.38. The van der Waals surface area contributed by atoms with Crippen molar-refractivity contribution < 1.29 is 14.2 Å². The lowest BCUT2D eigenvalue weighted by Crippen LogP contribution is -2.31. The van der Waals surface area contributed by atoms with E-state index in [0.717, 1.165) is 49.0 Å². The van der Waals surface area contributed by atoms with E-state index < -0.39 is 0 Å². The van der Waals surface area contributed by atoms with Crippen LogP contribution in [0.15, 0.2) is 36.7 Å². The number of benzene rings is 1. The maximum atomic E-state index is 5.56. The summed E-state index contributed by atoms with van der Waals surface area (Å²) < 4.78 is 16.5. The number of likely N-dealkylation sites (N-methyl/N-ethyl adjacent to an activating group) is 1. The van der Waals surface area contributed by atoms with Crippen molar-refractivity contribution in [2.24, 2.45) is 0 Å². The minimum Gasteiger partial charge on any atom is -0.496 e. The van der Waals surface area contributed by atoms with E-state index in [-0.39, 0.29) is 6.79 Å². The number of aromatic nitrogens is 1. The van der Waals surface area contributed by atoms with Crippen molar-refractivity contribution in [1.82, 2.24) is 14.8 Å². The summed E-state index contributed by atoms with van der Waals surface area (Å²) in [6.45, 7) is 3.79. The van der Waals surface area contributed by atoms with E-state index in [1.54, 1.807) is 13.3 Å². The highest BCUT2D eigenvalue weighted by molar-refractivity contribution is 5.51. The van der Waals surface area contributed by atoms with E-state index in [0.29, 0.717) is 0 Å². The average Bonchev–Trinajstić information content (AvgIpc) is 3.07. The summed E-state index contributed by atoms with van der Waals surface area (Å²) in [5.74, 6) is 2.35. The van der Waals surface area contributed by atoms with Gasteiger partial charge in [-0.3, -0.25) is 9.88 Å². The Morgan fingerprint density at radius 3 is 2.60 bits per heavy atom. The SMILES string of the molecule is COc1cc2c(cc1CN(CCN(C)C)Cc1cccnc1)OCO2. The maximum Gasteiger partial charge on any atom is 0.231 e. The Morgan fingerprint density at radius 2 is 1.92 bits per heavy atom. The quantitative estimate of drug-likeness (QED) is 0.733. The van der Waals surface area contributed by atoms with E-state index in [9.17, 15) is 0 Å². The third-order valence-corrected chi connectivity index (χ3v) is 4.16. The molecule has 0 N–H and O–H groups in total. The number of methoxy groups -OCH3 is 1. The lowest BCUT2D eigenvalue weighted by molar-refractivity contribution is 0.173. The Balaban J connectivity index is 1.79. The fourth-order valence-corrected chi connectivity index (χ4v) is 2.83. The van der Waals surface area contributed by atoms with Crippen LogP contribution in [0, 0.1) is 0 Å². The van der Waals surface area contributed by atoms with Crippen LogP contribution < -0.4 is 14.2 Å². The van der Waals surface area contributed by atoms with Crippen LogP contribution >= 0.6 is 0 Å². The van der Waals surface area contributed by atoms with Gasteiger partial charge in [0, 0.05) is 50.2 Å². The predicted octanol–water partition coefficient (Wildman–Crippen LogP) is 2.38. The molecule has 0 unspecified atom stereocenters. The zero-order chi connectivity index (χ0) is 17.6. The molecule has 0 atom stereocenters. The van der Waals surface area contributed by atoms with Crippen molar-refractivity contribution in [3.8, 4) is 17.2 Å². The van der Waals surface area contributed by atoms with Gasteiger partial charge in [-0.15, -0.1) is 0 Å². The highest BCUT2D eigenvalue weighted by Gasteiger charge is 2.19. The van der Waals surface area contributed by atoms with Crippen LogP contribution in [0.5, 0.6) is 17.2 Å². The lowest BCUT2D eigenvalue weighted by atomic mass is 10.1. The van der Waals surface area contributed by atoms with E-state index in [1.807, 2.05) is 24.4 Å². The first-order valence-electron chi connectivity index (χ1n) is 8.38. The molecule has 3 rings (SSSR count). The zero-order valence-electron chi connectivity index (χ0n) is 15.1. The molecule has 6 nitrogen and oxygen atoms in total. The van der Waals surface area contributed by atoms with E-state index in [1.165, 1.54) is 5.56 Å². The minimum atomic E-state index is 0.266. The maximum absolute atomic E-state index is 5.56. The molecule has 2 heterocycles. The van der Waals surface area contributed by atoms with Gasteiger partial charge in [-0.25, -0.2) is 0 Å². The monoisotopic (exact) mass is 343 g/mol. The molecule has 25 heavy (non-hydrogen) atoms. The zero-order valence-corrected chi connectivity index (χ0v) is 15.1. The summed E-state index contributed by atoms with van der Waals surface area (Å²) in [6, 6.07) is 8.01. The Labute approximate surface area is 148 Å². The molecule has 1 aliphatic heterocycles. The second-order valence-corrected chi connectivity index (χ2v) is 6.39. The second-order valence-electron chi connectivity index (χ2n) is 6.39. The number of rotatable bonds is 8. The van der Waals surface area contributed by atoms with Crippen LogP contribution in [0.1, 0.15) is 11.1 Å². The van der Waals surface area contributed by atoms with Gasteiger partial charge < -0.3 is 19.1 Å². The molecule has 0 aliphatic carbocycles. The van der Waals surface area contributed by atoms with Crippen molar-refractivity contribution in [2.45, 2.75) is 13.1 Å². The molecular weight excluding hydrogens is 318 g/mol. The Bertz CT molecular complexity index is 692. The van der Waals surface area contributed by atoms with Crippen molar-refractivity contribution >= 4 is 0 Å². The molecule has 1 aromatic carbocycles. The van der Waals surface area contributed by atoms with Crippen LogP contribution in [-0.4, -0.2) is 55.9 Å². The Morgan fingerprint density at radius 1 is 1.12 bits per heavy atom. The number of nitrogens with zero attached hydrogens (tertiary/aromatic N) is 3. The number of hydrogen-bond donors (Lipinski definition) is 0. The van der Waals surface area contributed by atoms with Crippen LogP contribution in [0.3, 0.4) is 0 Å². The standard InChI is InChI=1S/C19H25N3O3/c1-21(2)7-8-22(12-15-5-4-6-20-11-15)13-16-9-18-19(25-14-24-18)10-17(16)23-3/h4-6,9-11H,7-8,12-14H2,1-3H3. The van der Waals surface area contributed by atoms with Crippen molar-refractivity contribution in [2.75, 3.05) is 41.1 Å². The van der Waals surface area contributed by atoms with Gasteiger partial charge in [0.1, 0.15) is 5.75 Å². The van der Waals surface area contributed by atoms with Gasteiger partial charge in [0.15, 0.2) is 11.5 Å². The van der Waals surface area contributed by atoms with Gasteiger partial charge in [0.2, 0.25) is 6.79 Å². The highest BCUT2D eigenvalue weighted by Crippen LogP contribution is 2.38. The van der Waals surface area contributed by atoms with Crippen LogP contribution in [0.25, 0.3) is 0 Å². The fourth-order valence-electron chi connectivity index (χ4n) is 2.83. The third kappa shape index (κ3) is 4.61. The summed E-state index contributed by atoms with van der Waals surface area (Å²) in [7, 11) is 5.86. The van der Waals surface area contributed by atoms with Crippen LogP contribution in [0.2, 0.25) is 0 Å². The molecule has 0 bridgehead atoms. The lowest BCUT2D eigenvalue weighted by Gasteiger charge is -2.25. The molecule has 6 heteroatoms. The molecule has 0 fully saturated rings. The van der Waals surface area contributed by atoms with E-state index in [2.05, 4.69) is 34.9 Å². The minimum absolute atomic E-state index is 0.266. The number of hydrogen-bond acceptors (Lipinski definition) is 6. The van der Waals surface area contributed by atoms with Crippen molar-refractivity contribution in [3.05, 3.63) is 47.8 Å². The number of pyridine rings is 1. The van der Waals surface area contributed by atoms with Gasteiger partial charge in [0.05, 0.1) is 7.11 Å². The van der Waals surface area contributed by atoms with E-state index >= 15 is 0 Å². The van der Waals surface area contributed by atoms with Gasteiger partial charge in [0.25, 0.3) is 0 Å². The normalized spacial score (nSPS) is 12.8. The summed E-state index contributed by atoms with van der Waals surface area (Å²) in [6.07, 6.45) is 3.72. The molecule has 1 aliphatic rings. The summed E-state index contributed by atoms with van der Waals surface area (Å²) >= 11 is 0. The Hall–Kier alpha value is -2.31. The molecule has 0 saturated carbocycles. The van der Waals surface area contributed by atoms with Crippen LogP contribution in [-0.2, 0) is 13.1 Å². The van der Waals surface area contributed by atoms with Gasteiger partial charge >= 0.3 is 0 Å². The Kier molecular flexibility index (Phi) is 5.73. The van der Waals surface area contributed by atoms with Crippen molar-refractivity contribution in [3.63, 3.8) is 0 Å². The molecular formula is C19H25N3O3. The van der Waals surface area contributed by atoms with Gasteiger partial charge in [-0.2, -0.15) is 0 Å². The second kappa shape index (κ2) is 8.18. The molecule has 0 spiro atoms. The molecule has 0 saturated heterocycles. The van der Waals surface area contributed by atoms with E-state index in [4.69, 9.17) is 14.2 Å². The molecule has 0 amide bonds. The van der Waals surface area contributed by atoms with Crippen LogP contribution in [0.4, 0.5) is 0 Å². The summed E-state index contributed by atoms with van der Waals surface area (Å²) in [4.78, 5) is 8.80. The molecule has 0 radical (unpaired) electrons. The highest BCUT2D eigenvalue weighted by atomic mass is 16.7. The summed E-state index contributed by atoms with van der Waals surface area (Å²) in [5.41, 5.74) is 2.29. The largest absolute Gasteiger partial charge is 0.496 e. The smallest absolute Gasteiger partial charge is 0.231 e. The first-order chi connectivity index (χ1) is 12.2. The predicted molar refractivity (Wildman–Crippen MR) is 96.0 cm³/mol. The molecule has 134 valence electrons. The fraction of sp³-hybridized carbons (Fsp3) is 0.421. The third-order valence-electron chi connectivity index (χ3n) is 4.16. The summed E-state index contributed by atoms with van der Waals surface area (Å²) in [5, 5.41) is 0. The molecule has 1 aromatic heterocycles.